The van der Waals surface area contributed by atoms with Crippen LogP contribution in [0.4, 0.5) is 0 Å². The molecule has 30 heavy (non-hydrogen) atoms. The number of amides is 1. The van der Waals surface area contributed by atoms with Crippen LogP contribution in [-0.2, 0) is 9.47 Å². The van der Waals surface area contributed by atoms with Crippen molar-refractivity contribution in [3.8, 4) is 0 Å². The molecule has 5 rings (SSSR count). The zero-order valence-corrected chi connectivity index (χ0v) is 17.4. The molecular formula is C24H29N3O3. The predicted molar refractivity (Wildman–Crippen MR) is 113 cm³/mol. The second-order valence-corrected chi connectivity index (χ2v) is 8.68. The van der Waals surface area contributed by atoms with Crippen LogP contribution in [0.3, 0.4) is 0 Å². The standard InChI is InChI=1S/C24H29N3O3/c1-17-5-2-3-7-21(17)23-22-14-26(20-15-29-9-10-30-16-20)12-19(22)13-27(23)24(28)18-6-4-8-25-11-18/h2-8,11,19-20,22-23H,9-10,12-16H2,1H3/t19-,22-,23+/m0/s1. The van der Waals surface area contributed by atoms with E-state index < -0.39 is 0 Å². The van der Waals surface area contributed by atoms with Crippen LogP contribution in [0.2, 0.25) is 0 Å². The zero-order valence-electron chi connectivity index (χ0n) is 17.4. The molecule has 3 aliphatic rings. The summed E-state index contributed by atoms with van der Waals surface area (Å²) < 4.78 is 11.5. The Labute approximate surface area is 177 Å². The number of likely N-dealkylation sites (tertiary alicyclic amines) is 2. The van der Waals surface area contributed by atoms with Crippen molar-refractivity contribution in [1.82, 2.24) is 14.8 Å². The Morgan fingerprint density at radius 2 is 1.83 bits per heavy atom. The number of rotatable bonds is 3. The number of fused-ring (bicyclic) bond motifs is 1. The van der Waals surface area contributed by atoms with E-state index >= 15 is 0 Å². The first-order valence-electron chi connectivity index (χ1n) is 10.9. The largest absolute Gasteiger partial charge is 0.377 e. The van der Waals surface area contributed by atoms with E-state index in [0.717, 1.165) is 32.8 Å². The van der Waals surface area contributed by atoms with E-state index in [-0.39, 0.29) is 11.9 Å². The van der Waals surface area contributed by atoms with Crippen LogP contribution in [-0.4, -0.2) is 72.8 Å². The van der Waals surface area contributed by atoms with Gasteiger partial charge in [-0.3, -0.25) is 14.7 Å². The Bertz CT molecular complexity index is 882. The molecule has 2 aromatic rings. The predicted octanol–water partition coefficient (Wildman–Crippen LogP) is 2.55. The van der Waals surface area contributed by atoms with E-state index in [2.05, 4.69) is 46.0 Å². The summed E-state index contributed by atoms with van der Waals surface area (Å²) in [4.78, 5) is 22.2. The number of ether oxygens (including phenoxy) is 2. The molecule has 0 unspecified atom stereocenters. The molecule has 1 aromatic heterocycles. The third-order valence-electron chi connectivity index (χ3n) is 6.88. The number of carbonyl (C=O) groups excluding carboxylic acids is 1. The van der Waals surface area contributed by atoms with Crippen molar-refractivity contribution in [2.45, 2.75) is 19.0 Å². The summed E-state index contributed by atoms with van der Waals surface area (Å²) in [6.07, 6.45) is 3.39. The number of hydrogen-bond acceptors (Lipinski definition) is 5. The fraction of sp³-hybridized carbons (Fsp3) is 0.500. The molecule has 1 amide bonds. The molecule has 0 N–H and O–H groups in total. The molecule has 3 aliphatic heterocycles. The van der Waals surface area contributed by atoms with Crippen molar-refractivity contribution in [3.63, 3.8) is 0 Å². The van der Waals surface area contributed by atoms with Gasteiger partial charge in [-0.2, -0.15) is 0 Å². The van der Waals surface area contributed by atoms with Gasteiger partial charge in [0.2, 0.25) is 0 Å². The molecule has 6 nitrogen and oxygen atoms in total. The Hall–Kier alpha value is -2.28. The summed E-state index contributed by atoms with van der Waals surface area (Å²) in [7, 11) is 0. The smallest absolute Gasteiger partial charge is 0.255 e. The van der Waals surface area contributed by atoms with Crippen LogP contribution >= 0.6 is 0 Å². The first-order valence-corrected chi connectivity index (χ1v) is 10.9. The molecule has 6 heteroatoms. The summed E-state index contributed by atoms with van der Waals surface area (Å²) in [6.45, 7) is 7.70. The van der Waals surface area contributed by atoms with E-state index in [0.29, 0.717) is 36.7 Å². The summed E-state index contributed by atoms with van der Waals surface area (Å²) >= 11 is 0. The van der Waals surface area contributed by atoms with Crippen molar-refractivity contribution >= 4 is 5.91 Å². The Morgan fingerprint density at radius 1 is 1.03 bits per heavy atom. The number of hydrogen-bond donors (Lipinski definition) is 0. The van der Waals surface area contributed by atoms with Gasteiger partial charge in [-0.25, -0.2) is 0 Å². The number of benzene rings is 1. The third kappa shape index (κ3) is 3.64. The van der Waals surface area contributed by atoms with Gasteiger partial charge in [0.05, 0.1) is 44.1 Å². The van der Waals surface area contributed by atoms with Gasteiger partial charge in [0.1, 0.15) is 0 Å². The van der Waals surface area contributed by atoms with E-state index in [4.69, 9.17) is 9.47 Å². The lowest BCUT2D eigenvalue weighted by Gasteiger charge is -2.32. The first-order chi connectivity index (χ1) is 14.7. The van der Waals surface area contributed by atoms with Gasteiger partial charge in [-0.05, 0) is 36.1 Å². The maximum atomic E-state index is 13.4. The van der Waals surface area contributed by atoms with Gasteiger partial charge >= 0.3 is 0 Å². The van der Waals surface area contributed by atoms with E-state index in [1.165, 1.54) is 11.1 Å². The second-order valence-electron chi connectivity index (χ2n) is 8.68. The molecule has 3 atom stereocenters. The second kappa shape index (κ2) is 8.46. The topological polar surface area (TPSA) is 54.9 Å². The molecule has 4 heterocycles. The fourth-order valence-electron chi connectivity index (χ4n) is 5.37. The number of aromatic nitrogens is 1. The average Bonchev–Trinajstić information content (AvgIpc) is 3.21. The van der Waals surface area contributed by atoms with Gasteiger partial charge < -0.3 is 14.4 Å². The minimum absolute atomic E-state index is 0.0819. The highest BCUT2D eigenvalue weighted by molar-refractivity contribution is 5.94. The molecular weight excluding hydrogens is 378 g/mol. The van der Waals surface area contributed by atoms with Crippen LogP contribution in [0.1, 0.15) is 27.5 Å². The van der Waals surface area contributed by atoms with Crippen LogP contribution in [0.5, 0.6) is 0 Å². The first kappa shape index (κ1) is 19.7. The highest BCUT2D eigenvalue weighted by Gasteiger charge is 2.50. The summed E-state index contributed by atoms with van der Waals surface area (Å²) in [5.41, 5.74) is 3.17. The SMILES string of the molecule is Cc1ccccc1[C@@H]1[C@H]2CN(C3COCCOC3)C[C@H]2CN1C(=O)c1cccnc1. The van der Waals surface area contributed by atoms with Gasteiger partial charge in [0.25, 0.3) is 5.91 Å². The molecule has 1 aromatic carbocycles. The van der Waals surface area contributed by atoms with Gasteiger partial charge in [0.15, 0.2) is 0 Å². The molecule has 3 saturated heterocycles. The molecule has 0 saturated carbocycles. The minimum Gasteiger partial charge on any atom is -0.377 e. The van der Waals surface area contributed by atoms with Crippen LogP contribution < -0.4 is 0 Å². The van der Waals surface area contributed by atoms with Gasteiger partial charge in [0, 0.05) is 37.9 Å². The van der Waals surface area contributed by atoms with Crippen LogP contribution in [0.25, 0.3) is 0 Å². The number of aryl methyl sites for hydroxylation is 1. The minimum atomic E-state index is 0.0819. The van der Waals surface area contributed by atoms with Crippen molar-refractivity contribution in [1.29, 1.82) is 0 Å². The molecule has 0 spiro atoms. The third-order valence-corrected chi connectivity index (χ3v) is 6.88. The Kier molecular flexibility index (Phi) is 5.54. The van der Waals surface area contributed by atoms with Crippen molar-refractivity contribution < 1.29 is 14.3 Å². The van der Waals surface area contributed by atoms with Crippen molar-refractivity contribution in [2.24, 2.45) is 11.8 Å². The lowest BCUT2D eigenvalue weighted by molar-refractivity contribution is 0.0611. The molecule has 3 fully saturated rings. The van der Waals surface area contributed by atoms with Crippen molar-refractivity contribution in [3.05, 3.63) is 65.5 Å². The normalized spacial score (nSPS) is 27.8. The summed E-state index contributed by atoms with van der Waals surface area (Å²) in [5, 5.41) is 0. The quantitative estimate of drug-likeness (QED) is 0.783. The molecule has 0 radical (unpaired) electrons. The highest BCUT2D eigenvalue weighted by Crippen LogP contribution is 2.46. The van der Waals surface area contributed by atoms with Crippen molar-refractivity contribution in [2.75, 3.05) is 46.1 Å². The maximum Gasteiger partial charge on any atom is 0.255 e. The summed E-state index contributed by atoms with van der Waals surface area (Å²) in [5.74, 6) is 0.951. The highest BCUT2D eigenvalue weighted by atomic mass is 16.5. The van der Waals surface area contributed by atoms with Gasteiger partial charge in [-0.15, -0.1) is 0 Å². The molecule has 158 valence electrons. The monoisotopic (exact) mass is 407 g/mol. The molecule has 0 aliphatic carbocycles. The summed E-state index contributed by atoms with van der Waals surface area (Å²) in [6, 6.07) is 12.6. The van der Waals surface area contributed by atoms with E-state index in [9.17, 15) is 4.79 Å². The van der Waals surface area contributed by atoms with Crippen LogP contribution in [0.15, 0.2) is 48.8 Å². The maximum absolute atomic E-state index is 13.4. The average molecular weight is 408 g/mol. The van der Waals surface area contributed by atoms with E-state index in [1.807, 2.05) is 12.1 Å². The lowest BCUT2D eigenvalue weighted by Crippen LogP contribution is -2.42. The number of pyridine rings is 1. The van der Waals surface area contributed by atoms with Gasteiger partial charge in [-0.1, -0.05) is 24.3 Å². The Balaban J connectivity index is 1.43. The zero-order chi connectivity index (χ0) is 20.5. The fourth-order valence-corrected chi connectivity index (χ4v) is 5.37. The Morgan fingerprint density at radius 3 is 2.57 bits per heavy atom. The number of nitrogens with zero attached hydrogens (tertiary/aromatic N) is 3. The number of carbonyl (C=O) groups is 1. The molecule has 0 bridgehead atoms. The van der Waals surface area contributed by atoms with Crippen LogP contribution in [0, 0.1) is 18.8 Å². The van der Waals surface area contributed by atoms with E-state index in [1.54, 1.807) is 12.4 Å². The lowest BCUT2D eigenvalue weighted by atomic mass is 9.87.